The van der Waals surface area contributed by atoms with E-state index < -0.39 is 11.9 Å². The van der Waals surface area contributed by atoms with E-state index in [-0.39, 0.29) is 11.9 Å². The molecular weight excluding hydrogens is 226 g/mol. The van der Waals surface area contributed by atoms with Gasteiger partial charge in [0.1, 0.15) is 0 Å². The van der Waals surface area contributed by atoms with E-state index in [9.17, 15) is 14.7 Å². The third-order valence-electron chi connectivity index (χ3n) is 3.01. The molecule has 1 aliphatic heterocycles. The second-order valence-corrected chi connectivity index (χ2v) is 4.93. The summed E-state index contributed by atoms with van der Waals surface area (Å²) in [5, 5.41) is 11.1. The zero-order valence-electron chi connectivity index (χ0n) is 8.92. The van der Waals surface area contributed by atoms with Gasteiger partial charge in [0, 0.05) is 18.3 Å². The highest BCUT2D eigenvalue weighted by molar-refractivity contribution is 7.10. The molecule has 4 nitrogen and oxygen atoms in total. The van der Waals surface area contributed by atoms with Gasteiger partial charge in [-0.05, 0) is 17.9 Å². The number of hydrogen-bond acceptors (Lipinski definition) is 3. The minimum Gasteiger partial charge on any atom is -0.481 e. The highest BCUT2D eigenvalue weighted by Crippen LogP contribution is 2.37. The summed E-state index contributed by atoms with van der Waals surface area (Å²) in [6.07, 6.45) is 0.760. The van der Waals surface area contributed by atoms with Crippen molar-refractivity contribution in [1.82, 2.24) is 4.90 Å². The number of hydrogen-bond donors (Lipinski definition) is 1. The van der Waals surface area contributed by atoms with Crippen molar-refractivity contribution in [2.24, 2.45) is 5.92 Å². The van der Waals surface area contributed by atoms with Gasteiger partial charge in [0.05, 0.1) is 12.0 Å². The van der Waals surface area contributed by atoms with Crippen LogP contribution >= 0.6 is 11.3 Å². The van der Waals surface area contributed by atoms with E-state index in [1.807, 2.05) is 17.5 Å². The van der Waals surface area contributed by atoms with Crippen LogP contribution in [0.5, 0.6) is 0 Å². The van der Waals surface area contributed by atoms with Crippen molar-refractivity contribution in [3.63, 3.8) is 0 Å². The van der Waals surface area contributed by atoms with Crippen LogP contribution in [0.1, 0.15) is 23.8 Å². The Morgan fingerprint density at radius 1 is 1.62 bits per heavy atom. The highest BCUT2D eigenvalue weighted by atomic mass is 32.1. The summed E-state index contributed by atoms with van der Waals surface area (Å²) in [6, 6.07) is 3.46. The predicted molar refractivity (Wildman–Crippen MR) is 60.2 cm³/mol. The van der Waals surface area contributed by atoms with Crippen LogP contribution in [-0.2, 0) is 9.59 Å². The van der Waals surface area contributed by atoms with Crippen LogP contribution in [-0.4, -0.2) is 28.9 Å². The van der Waals surface area contributed by atoms with Crippen molar-refractivity contribution in [3.05, 3.63) is 22.4 Å². The number of likely N-dealkylation sites (tertiary alicyclic amines) is 1. The fraction of sp³-hybridized carbons (Fsp3) is 0.455. The number of carboxylic acids is 1. The molecule has 1 N–H and O–H groups in total. The lowest BCUT2D eigenvalue weighted by molar-refractivity contribution is -0.150. The topological polar surface area (TPSA) is 57.6 Å². The molecule has 1 saturated heterocycles. The molecule has 1 aromatic rings. The van der Waals surface area contributed by atoms with E-state index in [1.165, 1.54) is 11.3 Å². The van der Waals surface area contributed by atoms with Crippen molar-refractivity contribution >= 4 is 23.2 Å². The molecule has 2 rings (SSSR count). The SMILES string of the molecule is CN1C(=O)CC[C@@H](C(=O)O)[C@@H]1c1cccs1. The van der Waals surface area contributed by atoms with Gasteiger partial charge in [0.2, 0.25) is 5.91 Å². The summed E-state index contributed by atoms with van der Waals surface area (Å²) in [6.45, 7) is 0. The number of carbonyl (C=O) groups excluding carboxylic acids is 1. The first-order valence-electron chi connectivity index (χ1n) is 5.13. The second kappa shape index (κ2) is 4.25. The molecule has 0 saturated carbocycles. The fourth-order valence-corrected chi connectivity index (χ4v) is 3.08. The standard InChI is InChI=1S/C11H13NO3S/c1-12-9(13)5-4-7(11(14)15)10(12)8-3-2-6-16-8/h2-3,6-7,10H,4-5H2,1H3,(H,14,15)/t7-,10-/m1/s1. The average Bonchev–Trinajstić information content (AvgIpc) is 2.74. The number of aliphatic carboxylic acids is 1. The van der Waals surface area contributed by atoms with Gasteiger partial charge in [0.25, 0.3) is 0 Å². The Morgan fingerprint density at radius 3 is 2.94 bits per heavy atom. The highest BCUT2D eigenvalue weighted by Gasteiger charge is 2.39. The summed E-state index contributed by atoms with van der Waals surface area (Å²) in [4.78, 5) is 25.3. The maximum absolute atomic E-state index is 11.6. The number of amides is 1. The normalized spacial score (nSPS) is 25.8. The number of piperidine rings is 1. The van der Waals surface area contributed by atoms with Crippen molar-refractivity contribution in [1.29, 1.82) is 0 Å². The molecule has 86 valence electrons. The van der Waals surface area contributed by atoms with Crippen LogP contribution in [0.25, 0.3) is 0 Å². The Kier molecular flexibility index (Phi) is 2.96. The van der Waals surface area contributed by atoms with E-state index in [4.69, 9.17) is 0 Å². The predicted octanol–water partition coefficient (Wildman–Crippen LogP) is 1.74. The van der Waals surface area contributed by atoms with Gasteiger partial charge in [-0.25, -0.2) is 0 Å². The minimum atomic E-state index is -0.822. The molecule has 0 aromatic carbocycles. The summed E-state index contributed by atoms with van der Waals surface area (Å²) < 4.78 is 0. The Bertz CT molecular complexity index is 401. The van der Waals surface area contributed by atoms with Crippen molar-refractivity contribution in [2.45, 2.75) is 18.9 Å². The van der Waals surface area contributed by atoms with Gasteiger partial charge in [0.15, 0.2) is 0 Å². The third kappa shape index (κ3) is 1.82. The third-order valence-corrected chi connectivity index (χ3v) is 3.96. The summed E-state index contributed by atoms with van der Waals surface area (Å²) in [7, 11) is 1.68. The Labute approximate surface area is 97.5 Å². The van der Waals surface area contributed by atoms with Crippen molar-refractivity contribution in [2.75, 3.05) is 7.05 Å². The van der Waals surface area contributed by atoms with E-state index >= 15 is 0 Å². The van der Waals surface area contributed by atoms with Crippen LogP contribution in [0, 0.1) is 5.92 Å². The van der Waals surface area contributed by atoms with Crippen molar-refractivity contribution < 1.29 is 14.7 Å². The van der Waals surface area contributed by atoms with Crippen LogP contribution in [0.3, 0.4) is 0 Å². The quantitative estimate of drug-likeness (QED) is 0.855. The van der Waals surface area contributed by atoms with Gasteiger partial charge < -0.3 is 10.0 Å². The Balaban J connectivity index is 2.34. The van der Waals surface area contributed by atoms with E-state index in [2.05, 4.69) is 0 Å². The van der Waals surface area contributed by atoms with Gasteiger partial charge >= 0.3 is 5.97 Å². The number of carbonyl (C=O) groups is 2. The molecule has 0 radical (unpaired) electrons. The van der Waals surface area contributed by atoms with E-state index in [0.29, 0.717) is 12.8 Å². The molecule has 1 aromatic heterocycles. The summed E-state index contributed by atoms with van der Waals surface area (Å²) in [5.74, 6) is -1.28. The molecule has 0 spiro atoms. The lowest BCUT2D eigenvalue weighted by Crippen LogP contribution is -2.42. The van der Waals surface area contributed by atoms with Gasteiger partial charge in [-0.1, -0.05) is 6.07 Å². The zero-order valence-corrected chi connectivity index (χ0v) is 9.74. The van der Waals surface area contributed by atoms with Crippen LogP contribution in [0.4, 0.5) is 0 Å². The lowest BCUT2D eigenvalue weighted by Gasteiger charge is -2.36. The Hall–Kier alpha value is -1.36. The molecular formula is C11H13NO3S. The molecule has 1 aliphatic rings. The first kappa shape index (κ1) is 11.1. The molecule has 5 heteroatoms. The van der Waals surface area contributed by atoms with E-state index in [1.54, 1.807) is 11.9 Å². The summed E-state index contributed by atoms with van der Waals surface area (Å²) in [5.41, 5.74) is 0. The van der Waals surface area contributed by atoms with Crippen LogP contribution < -0.4 is 0 Å². The monoisotopic (exact) mass is 239 g/mol. The zero-order chi connectivity index (χ0) is 11.7. The smallest absolute Gasteiger partial charge is 0.308 e. The summed E-state index contributed by atoms with van der Waals surface area (Å²) >= 11 is 1.50. The molecule has 2 atom stereocenters. The van der Waals surface area contributed by atoms with E-state index in [0.717, 1.165) is 4.88 Å². The molecule has 0 unspecified atom stereocenters. The first-order valence-corrected chi connectivity index (χ1v) is 6.01. The lowest BCUT2D eigenvalue weighted by atomic mass is 9.88. The fourth-order valence-electron chi connectivity index (χ4n) is 2.15. The molecule has 2 heterocycles. The first-order chi connectivity index (χ1) is 7.61. The van der Waals surface area contributed by atoms with Crippen molar-refractivity contribution in [3.8, 4) is 0 Å². The number of rotatable bonds is 2. The molecule has 0 bridgehead atoms. The minimum absolute atomic E-state index is 0.0240. The van der Waals surface area contributed by atoms with Gasteiger partial charge in [-0.2, -0.15) is 0 Å². The molecule has 1 amide bonds. The number of nitrogens with zero attached hydrogens (tertiary/aromatic N) is 1. The van der Waals surface area contributed by atoms with Gasteiger partial charge in [-0.15, -0.1) is 11.3 Å². The largest absolute Gasteiger partial charge is 0.481 e. The Morgan fingerprint density at radius 2 is 2.38 bits per heavy atom. The molecule has 16 heavy (non-hydrogen) atoms. The van der Waals surface area contributed by atoms with Crippen LogP contribution in [0.2, 0.25) is 0 Å². The van der Waals surface area contributed by atoms with Gasteiger partial charge in [-0.3, -0.25) is 9.59 Å². The van der Waals surface area contributed by atoms with Crippen LogP contribution in [0.15, 0.2) is 17.5 Å². The maximum Gasteiger partial charge on any atom is 0.308 e. The second-order valence-electron chi connectivity index (χ2n) is 3.95. The number of thiophene rings is 1. The maximum atomic E-state index is 11.6. The molecule has 0 aliphatic carbocycles. The molecule has 1 fully saturated rings. The average molecular weight is 239 g/mol. The number of carboxylic acid groups (broad SMARTS) is 1.